The van der Waals surface area contributed by atoms with E-state index in [1.54, 1.807) is 0 Å². The average molecular weight is 447 g/mol. The van der Waals surface area contributed by atoms with Gasteiger partial charge in [0.05, 0.1) is 36.1 Å². The predicted octanol–water partition coefficient (Wildman–Crippen LogP) is 2.58. The zero-order valence-electron chi connectivity index (χ0n) is 16.4. The van der Waals surface area contributed by atoms with Gasteiger partial charge in [-0.15, -0.1) is 0 Å². The summed E-state index contributed by atoms with van der Waals surface area (Å²) in [6.07, 6.45) is 1.28. The fraction of sp³-hybridized carbons (Fsp3) is 0.100. The minimum absolute atomic E-state index is 0.00531. The molecule has 0 aliphatic carbocycles. The number of hydrogen-bond donors (Lipinski definition) is 3. The number of rotatable bonds is 7. The molecule has 0 saturated carbocycles. The van der Waals surface area contributed by atoms with Crippen LogP contribution in [0.1, 0.15) is 10.4 Å². The molecular formula is C20H18FN3O6S. The largest absolute Gasteiger partial charge is 0.493 e. The number of nitrogens with one attached hydrogen (secondary N) is 3. The Morgan fingerprint density at radius 3 is 2.42 bits per heavy atom. The van der Waals surface area contributed by atoms with Crippen LogP contribution in [0.3, 0.4) is 0 Å². The quantitative estimate of drug-likeness (QED) is 0.511. The topological polar surface area (TPSA) is 127 Å². The first-order valence-corrected chi connectivity index (χ1v) is 10.3. The van der Waals surface area contributed by atoms with Crippen molar-refractivity contribution >= 4 is 27.3 Å². The van der Waals surface area contributed by atoms with E-state index in [1.165, 1.54) is 50.7 Å². The van der Waals surface area contributed by atoms with Gasteiger partial charge in [0.2, 0.25) is 5.56 Å². The molecular weight excluding hydrogens is 429 g/mol. The maximum atomic E-state index is 13.9. The molecule has 0 atom stereocenters. The van der Waals surface area contributed by atoms with E-state index < -0.39 is 21.7 Å². The lowest BCUT2D eigenvalue weighted by molar-refractivity contribution is 0.102. The standard InChI is InChI=1S/C20H18FN3O6S/c1-29-17-10-13(31(27,28)24-16-6-4-3-5-15(16)21)9-14(19(17)30-2)20(26)23-12-7-8-18(25)22-11-12/h3-11,24H,1-2H3,(H,22,25)(H,23,26). The third-order valence-corrected chi connectivity index (χ3v) is 5.51. The number of para-hydroxylation sites is 1. The lowest BCUT2D eigenvalue weighted by Gasteiger charge is -2.16. The third kappa shape index (κ3) is 4.83. The van der Waals surface area contributed by atoms with Gasteiger partial charge in [0, 0.05) is 18.3 Å². The van der Waals surface area contributed by atoms with E-state index in [0.717, 1.165) is 18.2 Å². The number of sulfonamides is 1. The number of carbonyl (C=O) groups excluding carboxylic acids is 1. The van der Waals surface area contributed by atoms with Crippen LogP contribution in [0.25, 0.3) is 0 Å². The second-order valence-corrected chi connectivity index (χ2v) is 7.87. The molecule has 2 aromatic carbocycles. The highest BCUT2D eigenvalue weighted by atomic mass is 32.2. The minimum atomic E-state index is -4.28. The minimum Gasteiger partial charge on any atom is -0.493 e. The molecule has 0 unspecified atom stereocenters. The normalized spacial score (nSPS) is 10.9. The summed E-state index contributed by atoms with van der Waals surface area (Å²) >= 11 is 0. The molecule has 3 rings (SSSR count). The molecule has 9 nitrogen and oxygen atoms in total. The van der Waals surface area contributed by atoms with Crippen molar-refractivity contribution in [1.82, 2.24) is 4.98 Å². The molecule has 31 heavy (non-hydrogen) atoms. The van der Waals surface area contributed by atoms with Gasteiger partial charge in [-0.1, -0.05) is 12.1 Å². The fourth-order valence-corrected chi connectivity index (χ4v) is 3.81. The number of halogens is 1. The molecule has 0 fully saturated rings. The molecule has 0 saturated heterocycles. The molecule has 1 aromatic heterocycles. The van der Waals surface area contributed by atoms with Crippen molar-refractivity contribution in [3.8, 4) is 11.5 Å². The Labute approximate surface area is 176 Å². The fourth-order valence-electron chi connectivity index (χ4n) is 2.70. The SMILES string of the molecule is COc1cc(S(=O)(=O)Nc2ccccc2F)cc(C(=O)Nc2ccc(=O)[nH]c2)c1OC. The zero-order chi connectivity index (χ0) is 22.6. The summed E-state index contributed by atoms with van der Waals surface area (Å²) in [6, 6.07) is 10.1. The predicted molar refractivity (Wildman–Crippen MR) is 112 cm³/mol. The Kier molecular flexibility index (Phi) is 6.25. The second kappa shape index (κ2) is 8.88. The number of aromatic nitrogens is 1. The van der Waals surface area contributed by atoms with Crippen molar-refractivity contribution < 1.29 is 27.1 Å². The van der Waals surface area contributed by atoms with E-state index in [9.17, 15) is 22.4 Å². The first-order chi connectivity index (χ1) is 14.7. The van der Waals surface area contributed by atoms with Crippen LogP contribution < -0.4 is 25.1 Å². The van der Waals surface area contributed by atoms with Crippen LogP contribution in [-0.4, -0.2) is 33.5 Å². The number of methoxy groups -OCH3 is 2. The highest BCUT2D eigenvalue weighted by molar-refractivity contribution is 7.92. The molecule has 0 aliphatic heterocycles. The van der Waals surface area contributed by atoms with Crippen LogP contribution in [0.15, 0.2) is 64.4 Å². The van der Waals surface area contributed by atoms with E-state index in [1.807, 2.05) is 0 Å². The van der Waals surface area contributed by atoms with Gasteiger partial charge < -0.3 is 19.8 Å². The number of hydrogen-bond acceptors (Lipinski definition) is 6. The molecule has 0 spiro atoms. The van der Waals surface area contributed by atoms with E-state index >= 15 is 0 Å². The van der Waals surface area contributed by atoms with Crippen LogP contribution in [0.2, 0.25) is 0 Å². The van der Waals surface area contributed by atoms with Crippen LogP contribution in [0, 0.1) is 5.82 Å². The van der Waals surface area contributed by atoms with Gasteiger partial charge >= 0.3 is 0 Å². The van der Waals surface area contributed by atoms with Crippen LogP contribution in [-0.2, 0) is 10.0 Å². The maximum absolute atomic E-state index is 13.9. The number of carbonyl (C=O) groups is 1. The Morgan fingerprint density at radius 1 is 1.06 bits per heavy atom. The Balaban J connectivity index is 2.04. The second-order valence-electron chi connectivity index (χ2n) is 6.19. The molecule has 3 aromatic rings. The third-order valence-electron chi connectivity index (χ3n) is 4.17. The van der Waals surface area contributed by atoms with Crippen molar-refractivity contribution in [1.29, 1.82) is 0 Å². The molecule has 0 bridgehead atoms. The first kappa shape index (κ1) is 21.8. The van der Waals surface area contributed by atoms with Crippen LogP contribution in [0.4, 0.5) is 15.8 Å². The number of anilines is 2. The van der Waals surface area contributed by atoms with Crippen LogP contribution >= 0.6 is 0 Å². The Bertz CT molecular complexity index is 1270. The number of amides is 1. The summed E-state index contributed by atoms with van der Waals surface area (Å²) in [5, 5.41) is 2.53. The van der Waals surface area contributed by atoms with Crippen molar-refractivity contribution in [2.75, 3.05) is 24.3 Å². The molecule has 0 aliphatic rings. The number of ether oxygens (including phenoxy) is 2. The smallest absolute Gasteiger partial charge is 0.262 e. The van der Waals surface area contributed by atoms with Gasteiger partial charge in [0.25, 0.3) is 15.9 Å². The summed E-state index contributed by atoms with van der Waals surface area (Å²) in [4.78, 5) is 26.1. The Hall–Kier alpha value is -3.86. The van der Waals surface area contributed by atoms with E-state index in [4.69, 9.17) is 9.47 Å². The highest BCUT2D eigenvalue weighted by Gasteiger charge is 2.25. The summed E-state index contributed by atoms with van der Waals surface area (Å²) in [5.41, 5.74) is -0.494. The van der Waals surface area contributed by atoms with Crippen molar-refractivity contribution in [2.24, 2.45) is 0 Å². The monoisotopic (exact) mass is 447 g/mol. The van der Waals surface area contributed by atoms with Crippen molar-refractivity contribution in [2.45, 2.75) is 4.90 Å². The van der Waals surface area contributed by atoms with E-state index in [-0.39, 0.29) is 38.9 Å². The van der Waals surface area contributed by atoms with Gasteiger partial charge in [0.1, 0.15) is 5.82 Å². The molecule has 1 amide bonds. The van der Waals surface area contributed by atoms with Gasteiger partial charge in [-0.3, -0.25) is 14.3 Å². The molecule has 1 heterocycles. The lowest BCUT2D eigenvalue weighted by atomic mass is 10.1. The van der Waals surface area contributed by atoms with E-state index in [2.05, 4.69) is 15.0 Å². The summed E-state index contributed by atoms with van der Waals surface area (Å²) in [7, 11) is -1.71. The van der Waals surface area contributed by atoms with E-state index in [0.29, 0.717) is 0 Å². The summed E-state index contributed by atoms with van der Waals surface area (Å²) < 4.78 is 52.2. The van der Waals surface area contributed by atoms with Crippen LogP contribution in [0.5, 0.6) is 11.5 Å². The highest BCUT2D eigenvalue weighted by Crippen LogP contribution is 2.35. The zero-order valence-corrected chi connectivity index (χ0v) is 17.2. The summed E-state index contributed by atoms with van der Waals surface area (Å²) in [6.45, 7) is 0. The van der Waals surface area contributed by atoms with Gasteiger partial charge in [-0.05, 0) is 24.3 Å². The summed E-state index contributed by atoms with van der Waals surface area (Å²) in [5.74, 6) is -1.51. The van der Waals surface area contributed by atoms with Gasteiger partial charge in [-0.2, -0.15) is 0 Å². The number of H-pyrrole nitrogens is 1. The van der Waals surface area contributed by atoms with Gasteiger partial charge in [-0.25, -0.2) is 12.8 Å². The number of aromatic amines is 1. The number of pyridine rings is 1. The first-order valence-electron chi connectivity index (χ1n) is 8.78. The molecule has 3 N–H and O–H groups in total. The molecule has 162 valence electrons. The van der Waals surface area contributed by atoms with Gasteiger partial charge in [0.15, 0.2) is 11.5 Å². The maximum Gasteiger partial charge on any atom is 0.262 e. The lowest BCUT2D eigenvalue weighted by Crippen LogP contribution is -2.18. The van der Waals surface area contributed by atoms with Crippen molar-refractivity contribution in [3.05, 3.63) is 76.5 Å². The Morgan fingerprint density at radius 2 is 1.81 bits per heavy atom. The number of benzene rings is 2. The average Bonchev–Trinajstić information content (AvgIpc) is 2.75. The molecule has 0 radical (unpaired) electrons. The van der Waals surface area contributed by atoms with Crippen molar-refractivity contribution in [3.63, 3.8) is 0 Å². The molecule has 11 heteroatoms.